The van der Waals surface area contributed by atoms with Crippen molar-refractivity contribution in [3.8, 4) is 0 Å². The molecule has 0 amide bonds. The quantitative estimate of drug-likeness (QED) is 0.176. The van der Waals surface area contributed by atoms with Gasteiger partial charge in [0.25, 0.3) is 11.1 Å². The second-order valence-electron chi connectivity index (χ2n) is 10.7. The molecule has 7 N–H and O–H groups in total. The minimum absolute atomic E-state index is 0.00952. The third-order valence-electron chi connectivity index (χ3n) is 7.80. The van der Waals surface area contributed by atoms with Crippen molar-refractivity contribution in [2.24, 2.45) is 5.92 Å². The molecule has 7 rings (SSSR count). The highest BCUT2D eigenvalue weighted by atomic mass is 31.2. The number of rotatable bonds is 3. The first kappa shape index (κ1) is 31.1. The van der Waals surface area contributed by atoms with Gasteiger partial charge < -0.3 is 25.8 Å². The van der Waals surface area contributed by atoms with E-state index < -0.39 is 76.7 Å². The van der Waals surface area contributed by atoms with Crippen LogP contribution < -0.4 is 22.6 Å². The zero-order valence-corrected chi connectivity index (χ0v) is 25.6. The zero-order valence-electron chi connectivity index (χ0n) is 23.8. The number of phosphoric acid groups is 2. The number of hydrogen-bond donors (Lipinski definition) is 5. The Hall–Kier alpha value is -3.56. The normalized spacial score (nSPS) is 34.1. The Balaban J connectivity index is 1.14. The number of aromatic nitrogens is 8. The van der Waals surface area contributed by atoms with Gasteiger partial charge in [-0.3, -0.25) is 51.3 Å². The molecule has 4 unspecified atom stereocenters. The minimum Gasteiger partial charge on any atom is -0.369 e. The van der Waals surface area contributed by atoms with Gasteiger partial charge >= 0.3 is 15.6 Å². The summed E-state index contributed by atoms with van der Waals surface area (Å²) in [6, 6.07) is 0. The van der Waals surface area contributed by atoms with E-state index in [0.717, 1.165) is 7.11 Å². The summed E-state index contributed by atoms with van der Waals surface area (Å²) in [6.45, 7) is -1.14. The lowest BCUT2D eigenvalue weighted by atomic mass is 10.0. The highest BCUT2D eigenvalue weighted by molar-refractivity contribution is 7.48. The molecule has 7 heterocycles. The fourth-order valence-electron chi connectivity index (χ4n) is 5.61. The van der Waals surface area contributed by atoms with Crippen molar-refractivity contribution < 1.29 is 46.1 Å². The molecule has 46 heavy (non-hydrogen) atoms. The van der Waals surface area contributed by atoms with Gasteiger partial charge in [-0.05, 0) is 0 Å². The highest BCUT2D eigenvalue weighted by Gasteiger charge is 2.46. The van der Waals surface area contributed by atoms with E-state index in [2.05, 4.69) is 29.9 Å². The average molecular weight is 686 g/mol. The Morgan fingerprint density at radius 3 is 2.00 bits per heavy atom. The Bertz CT molecular complexity index is 2010. The van der Waals surface area contributed by atoms with Crippen LogP contribution in [0.5, 0.6) is 0 Å². The molecule has 0 saturated carbocycles. The molecule has 3 fully saturated rings. The lowest BCUT2D eigenvalue weighted by molar-refractivity contribution is -0.0473. The zero-order chi connectivity index (χ0) is 32.4. The first-order valence-electron chi connectivity index (χ1n) is 13.8. The van der Waals surface area contributed by atoms with Crippen LogP contribution in [0.4, 0.5) is 11.9 Å². The summed E-state index contributed by atoms with van der Waals surface area (Å²) in [5, 5.41) is 0. The third kappa shape index (κ3) is 5.77. The number of ether oxygens (including phenoxy) is 2. The molecule has 0 aliphatic carbocycles. The van der Waals surface area contributed by atoms with Crippen LogP contribution in [-0.4, -0.2) is 89.2 Å². The lowest BCUT2D eigenvalue weighted by Gasteiger charge is -2.22. The van der Waals surface area contributed by atoms with Crippen molar-refractivity contribution in [1.82, 2.24) is 39.0 Å². The smallest absolute Gasteiger partial charge is 0.369 e. The summed E-state index contributed by atoms with van der Waals surface area (Å²) >= 11 is 0. The van der Waals surface area contributed by atoms with Gasteiger partial charge in [0.15, 0.2) is 22.3 Å². The van der Waals surface area contributed by atoms with Gasteiger partial charge in [-0.15, -0.1) is 0 Å². The van der Waals surface area contributed by atoms with Crippen LogP contribution in [0.2, 0.25) is 0 Å². The summed E-state index contributed by atoms with van der Waals surface area (Å²) < 4.78 is 68.9. The highest BCUT2D eigenvalue weighted by Crippen LogP contribution is 2.54. The van der Waals surface area contributed by atoms with Crippen molar-refractivity contribution in [2.45, 2.75) is 43.6 Å². The summed E-state index contributed by atoms with van der Waals surface area (Å²) in [6.07, 6.45) is -2.06. The number of nitrogen functional groups attached to an aromatic ring is 2. The molecular weight excluding hydrogens is 658 g/mol. The first-order chi connectivity index (χ1) is 21.9. The van der Waals surface area contributed by atoms with E-state index in [-0.39, 0.29) is 53.7 Å². The van der Waals surface area contributed by atoms with Crippen LogP contribution in [0, 0.1) is 5.92 Å². The molecule has 3 aliphatic heterocycles. The van der Waals surface area contributed by atoms with E-state index in [1.165, 1.54) is 21.8 Å². The van der Waals surface area contributed by atoms with Crippen LogP contribution in [0.25, 0.3) is 22.3 Å². The average Bonchev–Trinajstić information content (AvgIpc) is 3.78. The summed E-state index contributed by atoms with van der Waals surface area (Å²) in [5.41, 5.74) is 10.6. The molecule has 0 radical (unpaired) electrons. The first-order valence-corrected chi connectivity index (χ1v) is 16.7. The number of fused-ring (bicyclic) bond motifs is 4. The van der Waals surface area contributed by atoms with Crippen LogP contribution in [0.3, 0.4) is 0 Å². The number of nitrogens with two attached hydrogens (primary N) is 2. The second-order valence-corrected chi connectivity index (χ2v) is 13.9. The fourth-order valence-corrected chi connectivity index (χ4v) is 7.56. The van der Waals surface area contributed by atoms with Gasteiger partial charge in [0, 0.05) is 25.9 Å². The molecule has 0 spiro atoms. The molecule has 8 atom stereocenters. The van der Waals surface area contributed by atoms with Gasteiger partial charge in [-0.25, -0.2) is 19.1 Å². The van der Waals surface area contributed by atoms with Gasteiger partial charge in [0.05, 0.1) is 38.6 Å². The summed E-state index contributed by atoms with van der Waals surface area (Å²) in [7, 11) is -7.84. The molecular formula is C22H28N10O12P2. The molecule has 0 aromatic carbocycles. The van der Waals surface area contributed by atoms with Crippen LogP contribution in [0.15, 0.2) is 22.2 Å². The Morgan fingerprint density at radius 1 is 0.848 bits per heavy atom. The largest absolute Gasteiger partial charge is 0.474 e. The molecule has 4 aromatic heterocycles. The maximum Gasteiger partial charge on any atom is 0.474 e. The van der Waals surface area contributed by atoms with Crippen molar-refractivity contribution in [3.05, 3.63) is 33.4 Å². The number of nitrogens with zero attached hydrogens (tertiary/aromatic N) is 6. The second kappa shape index (κ2) is 11.6. The lowest BCUT2D eigenvalue weighted by Crippen LogP contribution is -2.28. The van der Waals surface area contributed by atoms with Gasteiger partial charge in [-0.1, -0.05) is 0 Å². The van der Waals surface area contributed by atoms with Gasteiger partial charge in [0.2, 0.25) is 11.9 Å². The van der Waals surface area contributed by atoms with E-state index >= 15 is 0 Å². The predicted octanol–water partition coefficient (Wildman–Crippen LogP) is -0.0881. The molecule has 24 heteroatoms. The summed E-state index contributed by atoms with van der Waals surface area (Å²) in [5.74, 6) is -0.863. The van der Waals surface area contributed by atoms with E-state index in [9.17, 15) is 23.6 Å². The van der Waals surface area contributed by atoms with Crippen LogP contribution >= 0.6 is 15.6 Å². The fraction of sp³-hybridized carbons (Fsp3) is 0.545. The Morgan fingerprint density at radius 2 is 1.39 bits per heavy atom. The number of imidazole rings is 2. The monoisotopic (exact) mass is 686 g/mol. The number of anilines is 2. The maximum atomic E-state index is 13.5. The number of H-pyrrole nitrogens is 2. The molecule has 3 aliphatic rings. The van der Waals surface area contributed by atoms with Gasteiger partial charge in [0.1, 0.15) is 24.7 Å². The van der Waals surface area contributed by atoms with E-state index in [4.69, 9.17) is 43.6 Å². The van der Waals surface area contributed by atoms with Crippen molar-refractivity contribution in [3.63, 3.8) is 0 Å². The molecule has 3 saturated heterocycles. The molecule has 4 aromatic rings. The van der Waals surface area contributed by atoms with Gasteiger partial charge in [-0.2, -0.15) is 9.97 Å². The predicted molar refractivity (Wildman–Crippen MR) is 153 cm³/mol. The maximum absolute atomic E-state index is 13.5. The Kier molecular flexibility index (Phi) is 7.83. The van der Waals surface area contributed by atoms with Crippen molar-refractivity contribution >= 4 is 49.9 Å². The molecule has 248 valence electrons. The van der Waals surface area contributed by atoms with Crippen LogP contribution in [-0.2, 0) is 41.2 Å². The molecule has 22 nitrogen and oxygen atoms in total. The topological polar surface area (TPSA) is 298 Å². The van der Waals surface area contributed by atoms with Crippen LogP contribution in [0.1, 0.15) is 25.3 Å². The number of phosphoric ester groups is 2. The third-order valence-corrected chi connectivity index (χ3v) is 10.2. The number of nitrogens with one attached hydrogen (secondary N) is 2. The number of hydrogen-bond acceptors (Lipinski definition) is 17. The SMILES string of the molecule is COP1(=O)OCC2C[C@H](n3cnc4c(=O)[nH]c(N)nc43)O[C@@H]2COP(=O)(O)OC2C[C@H](n3cnc4c(=O)[nH]c(N)nc43)O[C@@H]2CO1. The molecule has 0 bridgehead atoms. The van der Waals surface area contributed by atoms with Crippen molar-refractivity contribution in [2.75, 3.05) is 38.4 Å². The standard InChI is InChI=1S/C22H28N10O12P2/c1-38-46(37)40-4-9-2-13(31-7-25-15-17(31)27-21(23)29-19(15)33)42-11(9)5-39-45(35,36)44-10-3-14(43-12(10)6-41-46)32-8-26-16-18(32)28-22(24)30-20(16)34/h7-14H,2-6H2,1H3,(H,35,36)(H3,23,27,29,33)(H3,24,28,30,34)/t9?,10?,11-,12-,13-,14-,46?/m1/s1. The Labute approximate surface area is 256 Å². The number of aromatic amines is 2. The van der Waals surface area contributed by atoms with Crippen molar-refractivity contribution in [1.29, 1.82) is 0 Å². The minimum atomic E-state index is -4.78. The summed E-state index contributed by atoms with van der Waals surface area (Å²) in [4.78, 5) is 56.4. The van der Waals surface area contributed by atoms with E-state index in [0.29, 0.717) is 0 Å². The van der Waals surface area contributed by atoms with E-state index in [1.807, 2.05) is 0 Å². The van der Waals surface area contributed by atoms with E-state index in [1.54, 1.807) is 0 Å².